The minimum absolute atomic E-state index is 0.135. The molecule has 1 atom stereocenters. The molecule has 2 aliphatic heterocycles. The summed E-state index contributed by atoms with van der Waals surface area (Å²) < 4.78 is 0. The van der Waals surface area contributed by atoms with Crippen LogP contribution in [0.25, 0.3) is 0 Å². The molecule has 1 aromatic carbocycles. The van der Waals surface area contributed by atoms with Crippen LogP contribution in [0.2, 0.25) is 0 Å². The Balaban J connectivity index is 1.80. The van der Waals surface area contributed by atoms with E-state index in [9.17, 15) is 9.59 Å². The lowest BCUT2D eigenvalue weighted by atomic mass is 9.90. The molecule has 1 unspecified atom stereocenters. The molecule has 2 aliphatic rings. The largest absolute Gasteiger partial charge is 0.327 e. The smallest absolute Gasteiger partial charge is 0.319 e. The maximum atomic E-state index is 12.3. The van der Waals surface area contributed by atoms with Gasteiger partial charge >= 0.3 is 6.03 Å². The van der Waals surface area contributed by atoms with Gasteiger partial charge in [0.05, 0.1) is 12.6 Å². The van der Waals surface area contributed by atoms with Crippen LogP contribution in [0.5, 0.6) is 0 Å². The number of benzene rings is 1. The summed E-state index contributed by atoms with van der Waals surface area (Å²) in [4.78, 5) is 27.9. The molecule has 0 saturated carbocycles. The molecule has 19 heavy (non-hydrogen) atoms. The van der Waals surface area contributed by atoms with E-state index in [1.54, 1.807) is 12.1 Å². The van der Waals surface area contributed by atoms with Crippen LogP contribution in [-0.2, 0) is 0 Å². The minimum Gasteiger partial charge on any atom is -0.319 e. The summed E-state index contributed by atoms with van der Waals surface area (Å²) in [7, 11) is 0. The average molecular weight is 258 g/mol. The molecule has 4 heteroatoms. The second-order valence-electron chi connectivity index (χ2n) is 6.21. The SMILES string of the molecule is CC1(C)CC2CN(C(=O)c3ccccc3)C(=O)N2C1. The van der Waals surface area contributed by atoms with Gasteiger partial charge in [0.15, 0.2) is 0 Å². The fourth-order valence-electron chi connectivity index (χ4n) is 3.14. The number of nitrogens with zero attached hydrogens (tertiary/aromatic N) is 2. The Morgan fingerprint density at radius 1 is 1.26 bits per heavy atom. The van der Waals surface area contributed by atoms with Gasteiger partial charge in [0.1, 0.15) is 0 Å². The Kier molecular flexibility index (Phi) is 2.62. The summed E-state index contributed by atoms with van der Waals surface area (Å²) in [6, 6.07) is 9.06. The second kappa shape index (κ2) is 4.08. The Morgan fingerprint density at radius 3 is 2.58 bits per heavy atom. The highest BCUT2D eigenvalue weighted by Crippen LogP contribution is 2.38. The molecule has 0 spiro atoms. The van der Waals surface area contributed by atoms with E-state index in [0.717, 1.165) is 13.0 Å². The van der Waals surface area contributed by atoms with Gasteiger partial charge in [0, 0.05) is 12.1 Å². The molecule has 2 saturated heterocycles. The number of amides is 3. The van der Waals surface area contributed by atoms with Gasteiger partial charge in [-0.1, -0.05) is 32.0 Å². The molecule has 0 N–H and O–H groups in total. The number of urea groups is 1. The van der Waals surface area contributed by atoms with Crippen molar-refractivity contribution in [3.05, 3.63) is 35.9 Å². The first kappa shape index (κ1) is 12.2. The van der Waals surface area contributed by atoms with Crippen molar-refractivity contribution in [3.8, 4) is 0 Å². The zero-order valence-corrected chi connectivity index (χ0v) is 11.3. The summed E-state index contributed by atoms with van der Waals surface area (Å²) in [6.07, 6.45) is 0.970. The predicted octanol–water partition coefficient (Wildman–Crippen LogP) is 2.36. The standard InChI is InChI=1S/C15H18N2O2/c1-15(2)8-12-9-16(14(19)17(12)10-15)13(18)11-6-4-3-5-7-11/h3-7,12H,8-10H2,1-2H3. The molecule has 0 radical (unpaired) electrons. The maximum Gasteiger partial charge on any atom is 0.327 e. The molecule has 4 nitrogen and oxygen atoms in total. The summed E-state index contributed by atoms with van der Waals surface area (Å²) >= 11 is 0. The molecule has 3 rings (SSSR count). The molecular weight excluding hydrogens is 240 g/mol. The number of rotatable bonds is 1. The molecule has 2 heterocycles. The topological polar surface area (TPSA) is 40.6 Å². The number of fused-ring (bicyclic) bond motifs is 1. The Hall–Kier alpha value is -1.84. The van der Waals surface area contributed by atoms with Crippen molar-refractivity contribution < 1.29 is 9.59 Å². The normalized spacial score (nSPS) is 24.7. The third-order valence-electron chi connectivity index (χ3n) is 3.96. The summed E-state index contributed by atoms with van der Waals surface area (Å²) in [5.41, 5.74) is 0.749. The van der Waals surface area contributed by atoms with Gasteiger partial charge in [0.25, 0.3) is 5.91 Å². The number of carbonyl (C=O) groups is 2. The van der Waals surface area contributed by atoms with Crippen molar-refractivity contribution in [1.29, 1.82) is 0 Å². The van der Waals surface area contributed by atoms with Crippen LogP contribution in [0.3, 0.4) is 0 Å². The summed E-state index contributed by atoms with van der Waals surface area (Å²) in [5, 5.41) is 0. The summed E-state index contributed by atoms with van der Waals surface area (Å²) in [6.45, 7) is 5.61. The molecule has 2 fully saturated rings. The monoisotopic (exact) mass is 258 g/mol. The zero-order chi connectivity index (χ0) is 13.6. The van der Waals surface area contributed by atoms with E-state index >= 15 is 0 Å². The lowest BCUT2D eigenvalue weighted by Gasteiger charge is -2.21. The van der Waals surface area contributed by atoms with E-state index in [0.29, 0.717) is 12.1 Å². The van der Waals surface area contributed by atoms with Gasteiger partial charge in [-0.05, 0) is 24.0 Å². The van der Waals surface area contributed by atoms with E-state index < -0.39 is 0 Å². The lowest BCUT2D eigenvalue weighted by Crippen LogP contribution is -2.37. The molecule has 0 aliphatic carbocycles. The van der Waals surface area contributed by atoms with E-state index in [1.807, 2.05) is 23.1 Å². The lowest BCUT2D eigenvalue weighted by molar-refractivity contribution is 0.0815. The van der Waals surface area contributed by atoms with E-state index in [2.05, 4.69) is 13.8 Å². The first-order valence-electron chi connectivity index (χ1n) is 6.65. The van der Waals surface area contributed by atoms with Gasteiger partial charge < -0.3 is 4.90 Å². The van der Waals surface area contributed by atoms with Crippen LogP contribution in [0.15, 0.2) is 30.3 Å². The minimum atomic E-state index is -0.183. The number of imide groups is 1. The number of carbonyl (C=O) groups excluding carboxylic acids is 2. The van der Waals surface area contributed by atoms with Crippen molar-refractivity contribution in [3.63, 3.8) is 0 Å². The highest BCUT2D eigenvalue weighted by atomic mass is 16.2. The number of hydrogen-bond acceptors (Lipinski definition) is 2. The third kappa shape index (κ3) is 2.01. The summed E-state index contributed by atoms with van der Waals surface area (Å²) in [5.74, 6) is -0.183. The quantitative estimate of drug-likeness (QED) is 0.776. The van der Waals surface area contributed by atoms with Crippen LogP contribution in [0.1, 0.15) is 30.6 Å². The Labute approximate surface area is 113 Å². The van der Waals surface area contributed by atoms with Crippen molar-refractivity contribution in [2.24, 2.45) is 5.41 Å². The number of hydrogen-bond donors (Lipinski definition) is 0. The fraction of sp³-hybridized carbons (Fsp3) is 0.467. The molecule has 1 aromatic rings. The van der Waals surface area contributed by atoms with Crippen molar-refractivity contribution in [2.75, 3.05) is 13.1 Å². The van der Waals surface area contributed by atoms with Gasteiger partial charge in [-0.15, -0.1) is 0 Å². The first-order valence-corrected chi connectivity index (χ1v) is 6.65. The van der Waals surface area contributed by atoms with E-state index in [1.165, 1.54) is 4.90 Å². The highest BCUT2D eigenvalue weighted by Gasteiger charge is 2.48. The van der Waals surface area contributed by atoms with E-state index in [4.69, 9.17) is 0 Å². The van der Waals surface area contributed by atoms with Crippen LogP contribution in [-0.4, -0.2) is 40.9 Å². The van der Waals surface area contributed by atoms with E-state index in [-0.39, 0.29) is 23.4 Å². The third-order valence-corrected chi connectivity index (χ3v) is 3.96. The van der Waals surface area contributed by atoms with Gasteiger partial charge in [0.2, 0.25) is 0 Å². The Bertz CT molecular complexity index is 524. The zero-order valence-electron chi connectivity index (χ0n) is 11.3. The molecule has 3 amide bonds. The van der Waals surface area contributed by atoms with Crippen LogP contribution in [0.4, 0.5) is 4.79 Å². The molecule has 100 valence electrons. The van der Waals surface area contributed by atoms with Gasteiger partial charge in [-0.25, -0.2) is 4.79 Å². The molecular formula is C15H18N2O2. The van der Waals surface area contributed by atoms with Crippen LogP contribution >= 0.6 is 0 Å². The van der Waals surface area contributed by atoms with Crippen LogP contribution < -0.4 is 0 Å². The molecule has 0 aromatic heterocycles. The second-order valence-corrected chi connectivity index (χ2v) is 6.21. The average Bonchev–Trinajstić information content (AvgIpc) is 2.84. The van der Waals surface area contributed by atoms with Crippen molar-refractivity contribution >= 4 is 11.9 Å². The van der Waals surface area contributed by atoms with Gasteiger partial charge in [-0.3, -0.25) is 9.69 Å². The molecule has 0 bridgehead atoms. The van der Waals surface area contributed by atoms with Crippen molar-refractivity contribution in [2.45, 2.75) is 26.3 Å². The maximum absolute atomic E-state index is 12.3. The predicted molar refractivity (Wildman–Crippen MR) is 71.8 cm³/mol. The highest BCUT2D eigenvalue weighted by molar-refractivity contribution is 6.05. The first-order chi connectivity index (χ1) is 8.98. The Morgan fingerprint density at radius 2 is 1.95 bits per heavy atom. The van der Waals surface area contributed by atoms with Gasteiger partial charge in [-0.2, -0.15) is 0 Å². The fourth-order valence-corrected chi connectivity index (χ4v) is 3.14. The van der Waals surface area contributed by atoms with Crippen molar-refractivity contribution in [1.82, 2.24) is 9.80 Å². The van der Waals surface area contributed by atoms with Crippen LogP contribution in [0, 0.1) is 5.41 Å².